The highest BCUT2D eigenvalue weighted by molar-refractivity contribution is 7.89. The van der Waals surface area contributed by atoms with Crippen molar-refractivity contribution in [2.75, 3.05) is 20.2 Å². The second-order valence-electron chi connectivity index (χ2n) is 7.04. The molecule has 1 fully saturated rings. The Kier molecular flexibility index (Phi) is 5.39. The lowest BCUT2D eigenvalue weighted by molar-refractivity contribution is 0.0941. The van der Waals surface area contributed by atoms with Gasteiger partial charge in [0, 0.05) is 18.7 Å². The van der Waals surface area contributed by atoms with E-state index in [9.17, 15) is 13.2 Å². The molecule has 7 nitrogen and oxygen atoms in total. The molecule has 0 aliphatic carbocycles. The molecule has 2 aromatic rings. The van der Waals surface area contributed by atoms with E-state index in [0.29, 0.717) is 41.7 Å². The van der Waals surface area contributed by atoms with Crippen LogP contribution in [0.3, 0.4) is 0 Å². The Bertz CT molecular complexity index is 957. The molecular formula is C19H25N3O4S. The average Bonchev–Trinajstić information content (AvgIpc) is 2.96. The largest absolute Gasteiger partial charge is 0.497 e. The first-order valence-corrected chi connectivity index (χ1v) is 10.4. The number of hydrogen-bond acceptors (Lipinski definition) is 5. The predicted octanol–water partition coefficient (Wildman–Crippen LogP) is 2.62. The maximum atomic E-state index is 13.1. The van der Waals surface area contributed by atoms with E-state index in [1.54, 1.807) is 38.1 Å². The zero-order valence-electron chi connectivity index (χ0n) is 16.1. The van der Waals surface area contributed by atoms with E-state index in [2.05, 4.69) is 12.0 Å². The number of nitrogens with zero attached hydrogens (tertiary/aromatic N) is 3. The number of aryl methyl sites for hydroxylation is 1. The van der Waals surface area contributed by atoms with Crippen molar-refractivity contribution in [2.45, 2.75) is 38.5 Å². The lowest BCUT2D eigenvalue weighted by Gasteiger charge is -2.29. The number of methoxy groups -OCH3 is 1. The molecule has 1 aromatic heterocycles. The van der Waals surface area contributed by atoms with E-state index < -0.39 is 10.0 Å². The van der Waals surface area contributed by atoms with Gasteiger partial charge < -0.3 is 4.74 Å². The fraction of sp³-hybridized carbons (Fsp3) is 0.474. The fourth-order valence-corrected chi connectivity index (χ4v) is 5.26. The van der Waals surface area contributed by atoms with Crippen LogP contribution in [0.2, 0.25) is 0 Å². The summed E-state index contributed by atoms with van der Waals surface area (Å²) in [7, 11) is -2.16. The molecule has 0 bridgehead atoms. The van der Waals surface area contributed by atoms with Crippen LogP contribution in [-0.4, -0.2) is 48.6 Å². The van der Waals surface area contributed by atoms with Gasteiger partial charge in [0.15, 0.2) is 0 Å². The lowest BCUT2D eigenvalue weighted by atomic mass is 10.0. The molecule has 0 radical (unpaired) electrons. The van der Waals surface area contributed by atoms with Crippen molar-refractivity contribution in [3.8, 4) is 5.75 Å². The summed E-state index contributed by atoms with van der Waals surface area (Å²) >= 11 is 0. The molecule has 146 valence electrons. The van der Waals surface area contributed by atoms with Gasteiger partial charge in [-0.2, -0.15) is 14.1 Å². The van der Waals surface area contributed by atoms with E-state index in [0.717, 1.165) is 12.8 Å². The fourth-order valence-electron chi connectivity index (χ4n) is 3.43. The number of rotatable bonds is 4. The van der Waals surface area contributed by atoms with Gasteiger partial charge in [-0.25, -0.2) is 8.42 Å². The molecule has 1 aliphatic rings. The molecule has 0 amide bonds. The molecule has 1 aliphatic heterocycles. The lowest BCUT2D eigenvalue weighted by Crippen LogP contribution is -2.38. The van der Waals surface area contributed by atoms with Gasteiger partial charge in [0.1, 0.15) is 10.6 Å². The van der Waals surface area contributed by atoms with Crippen LogP contribution in [-0.2, 0) is 10.0 Å². The van der Waals surface area contributed by atoms with Crippen LogP contribution in [0.1, 0.15) is 41.5 Å². The number of ether oxygens (including phenoxy) is 1. The first-order chi connectivity index (χ1) is 12.8. The number of benzene rings is 1. The molecule has 0 spiro atoms. The Hall–Kier alpha value is -2.19. The van der Waals surface area contributed by atoms with Gasteiger partial charge >= 0.3 is 0 Å². The second kappa shape index (κ2) is 7.44. The summed E-state index contributed by atoms with van der Waals surface area (Å²) in [6.07, 6.45) is 1.68. The van der Waals surface area contributed by atoms with Crippen LogP contribution in [0.15, 0.2) is 29.2 Å². The van der Waals surface area contributed by atoms with E-state index in [1.165, 1.54) is 16.1 Å². The molecular weight excluding hydrogens is 366 g/mol. The van der Waals surface area contributed by atoms with Crippen molar-refractivity contribution < 1.29 is 17.9 Å². The zero-order chi connectivity index (χ0) is 19.8. The standard InChI is InChI=1S/C19H25N3O4S/c1-13-8-10-21(11-9-13)27(24,25)18-14(2)20-22(15(18)3)19(23)16-6-5-7-17(12-16)26-4/h5-7,12-13H,8-11H2,1-4H3. The van der Waals surface area contributed by atoms with Gasteiger partial charge in [-0.1, -0.05) is 13.0 Å². The summed E-state index contributed by atoms with van der Waals surface area (Å²) < 4.78 is 34.1. The van der Waals surface area contributed by atoms with Crippen LogP contribution in [0, 0.1) is 19.8 Å². The minimum Gasteiger partial charge on any atom is -0.497 e. The van der Waals surface area contributed by atoms with Crippen molar-refractivity contribution in [2.24, 2.45) is 5.92 Å². The molecule has 8 heteroatoms. The Morgan fingerprint density at radius 2 is 1.89 bits per heavy atom. The number of carbonyl (C=O) groups excluding carboxylic acids is 1. The third kappa shape index (κ3) is 3.64. The molecule has 0 saturated carbocycles. The molecule has 1 saturated heterocycles. The minimum absolute atomic E-state index is 0.133. The summed E-state index contributed by atoms with van der Waals surface area (Å²) in [6.45, 7) is 6.37. The molecule has 27 heavy (non-hydrogen) atoms. The molecule has 2 heterocycles. The quantitative estimate of drug-likeness (QED) is 0.800. The van der Waals surface area contributed by atoms with Crippen LogP contribution < -0.4 is 4.74 Å². The van der Waals surface area contributed by atoms with Gasteiger partial charge in [-0.3, -0.25) is 4.79 Å². The van der Waals surface area contributed by atoms with E-state index in [-0.39, 0.29) is 10.8 Å². The average molecular weight is 391 g/mol. The Morgan fingerprint density at radius 1 is 1.22 bits per heavy atom. The van der Waals surface area contributed by atoms with Gasteiger partial charge in [0.05, 0.1) is 18.5 Å². The van der Waals surface area contributed by atoms with Crippen molar-refractivity contribution in [3.63, 3.8) is 0 Å². The van der Waals surface area contributed by atoms with Crippen LogP contribution in [0.25, 0.3) is 0 Å². The van der Waals surface area contributed by atoms with E-state index in [4.69, 9.17) is 4.74 Å². The summed E-state index contributed by atoms with van der Waals surface area (Å²) in [6, 6.07) is 6.72. The summed E-state index contributed by atoms with van der Waals surface area (Å²) in [4.78, 5) is 13.0. The molecule has 0 unspecified atom stereocenters. The zero-order valence-corrected chi connectivity index (χ0v) is 16.9. The number of carbonyl (C=O) groups is 1. The summed E-state index contributed by atoms with van der Waals surface area (Å²) in [5.74, 6) is 0.692. The third-order valence-corrected chi connectivity index (χ3v) is 7.23. The molecule has 1 aromatic carbocycles. The number of sulfonamides is 1. The first kappa shape index (κ1) is 19.6. The topological polar surface area (TPSA) is 81.5 Å². The molecule has 0 atom stereocenters. The van der Waals surface area contributed by atoms with Crippen molar-refractivity contribution >= 4 is 15.9 Å². The van der Waals surface area contributed by atoms with Gasteiger partial charge in [-0.15, -0.1) is 0 Å². The highest BCUT2D eigenvalue weighted by Gasteiger charge is 2.34. The monoisotopic (exact) mass is 391 g/mol. The Labute approximate surface area is 160 Å². The van der Waals surface area contributed by atoms with E-state index in [1.807, 2.05) is 0 Å². The predicted molar refractivity (Wildman–Crippen MR) is 102 cm³/mol. The highest BCUT2D eigenvalue weighted by atomic mass is 32.2. The van der Waals surface area contributed by atoms with Crippen molar-refractivity contribution in [1.29, 1.82) is 0 Å². The van der Waals surface area contributed by atoms with Crippen LogP contribution in [0.5, 0.6) is 5.75 Å². The van der Waals surface area contributed by atoms with Gasteiger partial charge in [0.2, 0.25) is 10.0 Å². The van der Waals surface area contributed by atoms with Crippen LogP contribution in [0.4, 0.5) is 0 Å². The number of piperidine rings is 1. The summed E-state index contributed by atoms with van der Waals surface area (Å²) in [5, 5.41) is 4.24. The van der Waals surface area contributed by atoms with Gasteiger partial charge in [-0.05, 0) is 50.8 Å². The Balaban J connectivity index is 1.98. The maximum absolute atomic E-state index is 13.1. The SMILES string of the molecule is COc1cccc(C(=O)n2nc(C)c(S(=O)(=O)N3CCC(C)CC3)c2C)c1. The minimum atomic E-state index is -3.68. The number of hydrogen-bond donors (Lipinski definition) is 0. The van der Waals surface area contributed by atoms with Crippen molar-refractivity contribution in [3.05, 3.63) is 41.2 Å². The molecule has 0 N–H and O–H groups in total. The normalized spacial score (nSPS) is 16.4. The smallest absolute Gasteiger partial charge is 0.278 e. The number of aromatic nitrogens is 2. The highest BCUT2D eigenvalue weighted by Crippen LogP contribution is 2.28. The third-order valence-electron chi connectivity index (χ3n) is 5.07. The maximum Gasteiger partial charge on any atom is 0.278 e. The first-order valence-electron chi connectivity index (χ1n) is 9.01. The second-order valence-corrected chi connectivity index (χ2v) is 8.91. The Morgan fingerprint density at radius 3 is 2.52 bits per heavy atom. The van der Waals surface area contributed by atoms with E-state index >= 15 is 0 Å². The van der Waals surface area contributed by atoms with Crippen LogP contribution >= 0.6 is 0 Å². The molecule has 3 rings (SSSR count). The van der Waals surface area contributed by atoms with Gasteiger partial charge in [0.25, 0.3) is 5.91 Å². The summed E-state index contributed by atoms with van der Waals surface area (Å²) in [5.41, 5.74) is 1.05. The van der Waals surface area contributed by atoms with Crippen molar-refractivity contribution in [1.82, 2.24) is 14.1 Å².